The maximum Gasteiger partial charge on any atom is 0.343 e. The second kappa shape index (κ2) is 10.1. The molecule has 0 bridgehead atoms. The third-order valence-electron chi connectivity index (χ3n) is 6.66. The van der Waals surface area contributed by atoms with E-state index in [1.807, 2.05) is 13.0 Å². The normalized spacial score (nSPS) is 25.8. The highest BCUT2D eigenvalue weighted by Gasteiger charge is 2.41. The molecule has 1 N–H and O–H groups in total. The number of rotatable bonds is 8. The summed E-state index contributed by atoms with van der Waals surface area (Å²) in [6, 6.07) is 5.44. The van der Waals surface area contributed by atoms with E-state index < -0.39 is 12.1 Å². The molecule has 7 heteroatoms. The Morgan fingerprint density at radius 2 is 2.12 bits per heavy atom. The second-order valence-corrected chi connectivity index (χ2v) is 8.84. The van der Waals surface area contributed by atoms with Crippen LogP contribution < -0.4 is 4.74 Å². The average Bonchev–Trinajstić information content (AvgIpc) is 3.12. The lowest BCUT2D eigenvalue weighted by atomic mass is 9.78. The molecule has 174 valence electrons. The number of allylic oxidation sites excluding steroid dienone is 1. The number of hydrogen-bond acceptors (Lipinski definition) is 7. The van der Waals surface area contributed by atoms with Gasteiger partial charge in [0, 0.05) is 18.6 Å². The number of aliphatic hydroxyl groups excluding tert-OH is 1. The molecule has 4 atom stereocenters. The number of hydrogen-bond donors (Lipinski definition) is 1. The van der Waals surface area contributed by atoms with E-state index in [9.17, 15) is 14.7 Å². The zero-order chi connectivity index (χ0) is 22.7. The van der Waals surface area contributed by atoms with E-state index in [-0.39, 0.29) is 30.7 Å². The Bertz CT molecular complexity index is 884. The molecule has 2 aliphatic carbocycles. The Morgan fingerprint density at radius 3 is 2.88 bits per heavy atom. The first-order valence-electron chi connectivity index (χ1n) is 11.5. The molecule has 1 unspecified atom stereocenters. The predicted octanol–water partition coefficient (Wildman–Crippen LogP) is 3.43. The molecule has 1 aromatic carbocycles. The standard InChI is InChI=1S/C25H32O7/c1-15(32-23-8-3-4-11-30-23)9-10-18-20(26)13-16-12-19-17(25(28)24(16)18)6-5-7-21(19)31-14-22(27)29-2/h5-7,15-16,23,25,28H,3-4,8-14H2,1-2H3/t15-,16-,23?,25+/m0/s1. The molecule has 0 radical (unpaired) electrons. The Hall–Kier alpha value is -2.22. The second-order valence-electron chi connectivity index (χ2n) is 8.84. The molecule has 1 heterocycles. The summed E-state index contributed by atoms with van der Waals surface area (Å²) >= 11 is 0. The molecule has 1 saturated heterocycles. The molecule has 1 aromatic rings. The van der Waals surface area contributed by atoms with E-state index in [0.29, 0.717) is 31.4 Å². The van der Waals surface area contributed by atoms with Gasteiger partial charge in [-0.3, -0.25) is 4.79 Å². The molecule has 0 saturated carbocycles. The number of ketones is 1. The van der Waals surface area contributed by atoms with Crippen molar-refractivity contribution in [1.82, 2.24) is 0 Å². The molecule has 32 heavy (non-hydrogen) atoms. The van der Waals surface area contributed by atoms with Crippen molar-refractivity contribution >= 4 is 11.8 Å². The van der Waals surface area contributed by atoms with Crippen LogP contribution in [-0.4, -0.2) is 49.6 Å². The van der Waals surface area contributed by atoms with Crippen molar-refractivity contribution < 1.29 is 33.6 Å². The summed E-state index contributed by atoms with van der Waals surface area (Å²) in [7, 11) is 1.31. The number of aliphatic hydroxyl groups is 1. The maximum atomic E-state index is 12.9. The van der Waals surface area contributed by atoms with Crippen molar-refractivity contribution in [3.8, 4) is 5.75 Å². The zero-order valence-electron chi connectivity index (χ0n) is 18.8. The van der Waals surface area contributed by atoms with Crippen molar-refractivity contribution in [3.05, 3.63) is 40.5 Å². The first-order valence-corrected chi connectivity index (χ1v) is 11.5. The summed E-state index contributed by atoms with van der Waals surface area (Å²) in [6.45, 7) is 2.56. The Kier molecular flexibility index (Phi) is 7.28. The molecular formula is C25H32O7. The summed E-state index contributed by atoms with van der Waals surface area (Å²) in [4.78, 5) is 24.3. The summed E-state index contributed by atoms with van der Waals surface area (Å²) in [5, 5.41) is 11.2. The lowest BCUT2D eigenvalue weighted by Crippen LogP contribution is -2.26. The van der Waals surface area contributed by atoms with Crippen molar-refractivity contribution in [3.63, 3.8) is 0 Å². The first-order chi connectivity index (χ1) is 15.5. The van der Waals surface area contributed by atoms with E-state index >= 15 is 0 Å². The lowest BCUT2D eigenvalue weighted by molar-refractivity contribution is -0.185. The van der Waals surface area contributed by atoms with Gasteiger partial charge >= 0.3 is 5.97 Å². The van der Waals surface area contributed by atoms with E-state index in [1.165, 1.54) is 7.11 Å². The summed E-state index contributed by atoms with van der Waals surface area (Å²) in [5.41, 5.74) is 3.19. The highest BCUT2D eigenvalue weighted by molar-refractivity contribution is 5.99. The molecule has 0 aromatic heterocycles. The maximum absolute atomic E-state index is 12.9. The number of ether oxygens (including phenoxy) is 4. The fourth-order valence-electron chi connectivity index (χ4n) is 5.01. The number of Topliss-reactive ketones (excluding diaryl/α,β-unsaturated/α-hetero) is 1. The molecule has 1 aliphatic heterocycles. The van der Waals surface area contributed by atoms with Crippen LogP contribution in [0.3, 0.4) is 0 Å². The Labute approximate surface area is 188 Å². The van der Waals surface area contributed by atoms with Crippen LogP contribution in [0.15, 0.2) is 29.3 Å². The molecule has 0 amide bonds. The zero-order valence-corrected chi connectivity index (χ0v) is 18.8. The van der Waals surface area contributed by atoms with Gasteiger partial charge in [0.05, 0.1) is 13.2 Å². The van der Waals surface area contributed by atoms with Gasteiger partial charge in [-0.1, -0.05) is 12.1 Å². The number of fused-ring (bicyclic) bond motifs is 2. The molecule has 7 nitrogen and oxygen atoms in total. The van der Waals surface area contributed by atoms with E-state index in [1.54, 1.807) is 12.1 Å². The van der Waals surface area contributed by atoms with Crippen LogP contribution in [0.5, 0.6) is 5.75 Å². The third-order valence-corrected chi connectivity index (χ3v) is 6.66. The minimum absolute atomic E-state index is 0.0237. The fraction of sp³-hybridized carbons (Fsp3) is 0.600. The fourth-order valence-corrected chi connectivity index (χ4v) is 5.01. The third kappa shape index (κ3) is 4.90. The van der Waals surface area contributed by atoms with Gasteiger partial charge in [0.25, 0.3) is 0 Å². The smallest absolute Gasteiger partial charge is 0.343 e. The van der Waals surface area contributed by atoms with Crippen LogP contribution in [0.4, 0.5) is 0 Å². The Balaban J connectivity index is 1.47. The number of benzene rings is 1. The number of carbonyl (C=O) groups excluding carboxylic acids is 2. The minimum Gasteiger partial charge on any atom is -0.482 e. The van der Waals surface area contributed by atoms with E-state index in [2.05, 4.69) is 4.74 Å². The van der Waals surface area contributed by atoms with Crippen LogP contribution in [0.25, 0.3) is 0 Å². The topological polar surface area (TPSA) is 91.3 Å². The largest absolute Gasteiger partial charge is 0.482 e. The van der Waals surface area contributed by atoms with Gasteiger partial charge in [0.1, 0.15) is 11.9 Å². The van der Waals surface area contributed by atoms with Crippen molar-refractivity contribution in [1.29, 1.82) is 0 Å². The molecular weight excluding hydrogens is 412 g/mol. The van der Waals surface area contributed by atoms with Crippen molar-refractivity contribution in [2.24, 2.45) is 5.92 Å². The first kappa shape index (κ1) is 23.0. The van der Waals surface area contributed by atoms with Gasteiger partial charge < -0.3 is 24.1 Å². The van der Waals surface area contributed by atoms with Gasteiger partial charge in [-0.2, -0.15) is 0 Å². The van der Waals surface area contributed by atoms with Crippen LogP contribution in [0.1, 0.15) is 62.7 Å². The van der Waals surface area contributed by atoms with Crippen LogP contribution in [0, 0.1) is 5.92 Å². The van der Waals surface area contributed by atoms with E-state index in [0.717, 1.165) is 48.1 Å². The monoisotopic (exact) mass is 444 g/mol. The molecule has 3 aliphatic rings. The van der Waals surface area contributed by atoms with Crippen LogP contribution >= 0.6 is 0 Å². The molecule has 0 spiro atoms. The average molecular weight is 445 g/mol. The van der Waals surface area contributed by atoms with Gasteiger partial charge in [0.15, 0.2) is 18.7 Å². The highest BCUT2D eigenvalue weighted by atomic mass is 16.7. The van der Waals surface area contributed by atoms with Gasteiger partial charge in [-0.25, -0.2) is 4.79 Å². The lowest BCUT2D eigenvalue weighted by Gasteiger charge is -2.30. The van der Waals surface area contributed by atoms with Crippen molar-refractivity contribution in [2.75, 3.05) is 20.3 Å². The van der Waals surface area contributed by atoms with Crippen LogP contribution in [0.2, 0.25) is 0 Å². The predicted molar refractivity (Wildman–Crippen MR) is 116 cm³/mol. The van der Waals surface area contributed by atoms with Gasteiger partial charge in [-0.05, 0) is 74.1 Å². The number of methoxy groups -OCH3 is 1. The van der Waals surface area contributed by atoms with Crippen molar-refractivity contribution in [2.45, 2.75) is 70.4 Å². The summed E-state index contributed by atoms with van der Waals surface area (Å²) in [5.74, 6) is 0.157. The minimum atomic E-state index is -0.843. The van der Waals surface area contributed by atoms with Crippen LogP contribution in [-0.2, 0) is 30.2 Å². The van der Waals surface area contributed by atoms with E-state index in [4.69, 9.17) is 14.2 Å². The number of carbonyl (C=O) groups is 2. The Morgan fingerprint density at radius 1 is 1.28 bits per heavy atom. The number of esters is 1. The SMILES string of the molecule is COC(=O)COc1cccc2c1C[C@H]1CC(=O)C(CC[C@H](C)OC3CCCCO3)=C1[C@@H]2O. The highest BCUT2D eigenvalue weighted by Crippen LogP contribution is 2.48. The van der Waals surface area contributed by atoms with Gasteiger partial charge in [0.2, 0.25) is 0 Å². The summed E-state index contributed by atoms with van der Waals surface area (Å²) in [6.07, 6.45) is 4.38. The quantitative estimate of drug-likeness (QED) is 0.614. The van der Waals surface area contributed by atoms with Gasteiger partial charge in [-0.15, -0.1) is 0 Å². The molecule has 4 rings (SSSR count). The summed E-state index contributed by atoms with van der Waals surface area (Å²) < 4.78 is 21.9. The molecule has 1 fully saturated rings.